The van der Waals surface area contributed by atoms with Gasteiger partial charge in [-0.1, -0.05) is 0 Å². The van der Waals surface area contributed by atoms with Crippen molar-refractivity contribution in [2.75, 3.05) is 72.5 Å². The van der Waals surface area contributed by atoms with E-state index in [4.69, 9.17) is 37.6 Å². The van der Waals surface area contributed by atoms with Crippen LogP contribution in [0.5, 0.6) is 0 Å². The highest BCUT2D eigenvalue weighted by atomic mass is 16.5. The summed E-state index contributed by atoms with van der Waals surface area (Å²) in [5.74, 6) is -1.71. The number of nitrogens with two attached hydrogens (primary N) is 1. The minimum atomic E-state index is -0.931. The first-order valence-corrected chi connectivity index (χ1v) is 12.6. The summed E-state index contributed by atoms with van der Waals surface area (Å²) in [4.78, 5) is 55.9. The number of unbranched alkanes of at least 4 members (excludes halogenated alkanes) is 1. The molecule has 2 radical (unpaired) electrons. The Balaban J connectivity index is 3.38. The van der Waals surface area contributed by atoms with Crippen molar-refractivity contribution in [3.63, 3.8) is 0 Å². The Morgan fingerprint density at radius 1 is 0.658 bits per heavy atom. The van der Waals surface area contributed by atoms with E-state index < -0.39 is 17.7 Å². The Morgan fingerprint density at radius 2 is 1.16 bits per heavy atom. The number of carbonyl (C=O) groups is 5. The van der Waals surface area contributed by atoms with Gasteiger partial charge in [-0.15, -0.1) is 0 Å². The summed E-state index contributed by atoms with van der Waals surface area (Å²) in [5.41, 5.74) is 4.98. The van der Waals surface area contributed by atoms with Gasteiger partial charge < -0.3 is 50.5 Å². The average Bonchev–Trinajstić information content (AvgIpc) is 2.86. The Hall–Kier alpha value is -2.59. The molecule has 0 aromatic rings. The van der Waals surface area contributed by atoms with Crippen LogP contribution in [0.3, 0.4) is 0 Å². The van der Waals surface area contributed by atoms with E-state index >= 15 is 0 Å². The molecule has 15 heteroatoms. The van der Waals surface area contributed by atoms with Crippen LogP contribution in [0.15, 0.2) is 0 Å². The maximum absolute atomic E-state index is 11.7. The molecule has 0 aromatic heterocycles. The van der Waals surface area contributed by atoms with Gasteiger partial charge in [-0.3, -0.25) is 19.2 Å². The number of aliphatic carboxylic acids is 1. The number of carboxylic acids is 1. The Bertz CT molecular complexity index is 699. The lowest BCUT2D eigenvalue weighted by Crippen LogP contribution is -2.32. The van der Waals surface area contributed by atoms with Gasteiger partial charge in [0.15, 0.2) is 7.85 Å². The molecule has 0 aliphatic carbocycles. The topological polar surface area (TPSA) is 205 Å². The van der Waals surface area contributed by atoms with E-state index in [2.05, 4.69) is 16.0 Å². The summed E-state index contributed by atoms with van der Waals surface area (Å²) in [6.07, 6.45) is 2.24. The predicted octanol–water partition coefficient (Wildman–Crippen LogP) is -2.15. The molecule has 0 aliphatic rings. The molecule has 0 bridgehead atoms. The van der Waals surface area contributed by atoms with Gasteiger partial charge in [0, 0.05) is 32.5 Å². The molecular weight excluding hydrogens is 503 g/mol. The lowest BCUT2D eigenvalue weighted by Gasteiger charge is -2.09. The van der Waals surface area contributed by atoms with Crippen LogP contribution in [-0.4, -0.2) is 121 Å². The minimum Gasteiger partial charge on any atom is -0.481 e. The molecule has 38 heavy (non-hydrogen) atoms. The largest absolute Gasteiger partial charge is 0.481 e. The van der Waals surface area contributed by atoms with Crippen molar-refractivity contribution in [1.29, 1.82) is 0 Å². The minimum absolute atomic E-state index is 0.0415. The van der Waals surface area contributed by atoms with Crippen molar-refractivity contribution in [3.05, 3.63) is 0 Å². The van der Waals surface area contributed by atoms with Crippen molar-refractivity contribution >= 4 is 37.2 Å². The van der Waals surface area contributed by atoms with E-state index in [1.54, 1.807) is 0 Å². The van der Waals surface area contributed by atoms with E-state index in [9.17, 15) is 24.0 Å². The van der Waals surface area contributed by atoms with Gasteiger partial charge in [-0.05, 0) is 25.7 Å². The van der Waals surface area contributed by atoms with Crippen molar-refractivity contribution in [3.8, 4) is 0 Å². The highest BCUT2D eigenvalue weighted by Crippen LogP contribution is 1.98. The molecule has 0 heterocycles. The molecule has 0 aliphatic heterocycles. The van der Waals surface area contributed by atoms with E-state index in [1.807, 2.05) is 0 Å². The molecule has 0 saturated heterocycles. The van der Waals surface area contributed by atoms with Crippen LogP contribution < -0.4 is 21.7 Å². The molecule has 14 nitrogen and oxygen atoms in total. The third-order valence-electron chi connectivity index (χ3n) is 4.77. The zero-order chi connectivity index (χ0) is 28.4. The van der Waals surface area contributed by atoms with Gasteiger partial charge in [0.2, 0.25) is 17.7 Å². The summed E-state index contributed by atoms with van der Waals surface area (Å²) in [6.45, 7) is 2.37. The number of carboxylic acid groups (broad SMARTS) is 1. The molecule has 0 aromatic carbocycles. The summed E-state index contributed by atoms with van der Waals surface area (Å²) >= 11 is 0. The van der Waals surface area contributed by atoms with Gasteiger partial charge in [0.05, 0.1) is 51.4 Å². The Morgan fingerprint density at radius 3 is 1.68 bits per heavy atom. The normalized spacial score (nSPS) is 11.5. The lowest BCUT2D eigenvalue weighted by molar-refractivity contribution is -0.137. The van der Waals surface area contributed by atoms with Gasteiger partial charge in [0.1, 0.15) is 13.2 Å². The SMILES string of the molecule is [B]C(=O)[C@@H](N)CCCCNC(=O)COCCOCCNC(=O)COCCOCCNC(=O)CCCC(=O)O. The van der Waals surface area contributed by atoms with E-state index in [-0.39, 0.29) is 83.4 Å². The third-order valence-corrected chi connectivity index (χ3v) is 4.77. The fourth-order valence-corrected chi connectivity index (χ4v) is 2.74. The monoisotopic (exact) mass is 544 g/mol. The standard InChI is InChI=1S/C23H41BN4O10/c24-23(34)18(25)4-1-2-7-26-20(30)16-37-14-13-36-11-9-28-21(31)17-38-15-12-35-10-8-27-19(29)5-3-6-22(32)33/h18H,1-17,25H2,(H,26,30)(H,27,29)(H,28,31)(H,32,33)/t18-/m0/s1. The van der Waals surface area contributed by atoms with Crippen LogP contribution in [-0.2, 0) is 42.9 Å². The highest BCUT2D eigenvalue weighted by molar-refractivity contribution is 6.59. The molecule has 0 spiro atoms. The molecule has 0 unspecified atom stereocenters. The van der Waals surface area contributed by atoms with E-state index in [0.717, 1.165) is 0 Å². The quantitative estimate of drug-likeness (QED) is 0.0586. The van der Waals surface area contributed by atoms with Crippen molar-refractivity contribution in [2.45, 2.75) is 44.6 Å². The van der Waals surface area contributed by atoms with Gasteiger partial charge in [-0.25, -0.2) is 0 Å². The van der Waals surface area contributed by atoms with Crippen LogP contribution in [0.4, 0.5) is 0 Å². The van der Waals surface area contributed by atoms with Crippen molar-refractivity contribution in [1.82, 2.24) is 16.0 Å². The van der Waals surface area contributed by atoms with Gasteiger partial charge in [0.25, 0.3) is 0 Å². The number of hydrogen-bond acceptors (Lipinski definition) is 10. The molecule has 3 amide bonds. The fraction of sp³-hybridized carbons (Fsp3) is 0.783. The summed E-state index contributed by atoms with van der Waals surface area (Å²) in [7, 11) is 5.07. The van der Waals surface area contributed by atoms with Crippen molar-refractivity contribution in [2.24, 2.45) is 5.73 Å². The number of nitrogens with one attached hydrogen (secondary N) is 3. The average molecular weight is 544 g/mol. The molecule has 216 valence electrons. The van der Waals surface area contributed by atoms with Gasteiger partial charge >= 0.3 is 5.97 Å². The first-order valence-electron chi connectivity index (χ1n) is 12.6. The number of hydrogen-bond donors (Lipinski definition) is 5. The molecule has 0 fully saturated rings. The molecule has 0 saturated carbocycles. The predicted molar refractivity (Wildman–Crippen MR) is 136 cm³/mol. The number of carbonyl (C=O) groups excluding carboxylic acids is 4. The molecule has 1 atom stereocenters. The second-order valence-electron chi connectivity index (χ2n) is 8.13. The van der Waals surface area contributed by atoms with Gasteiger partial charge in [-0.2, -0.15) is 0 Å². The third kappa shape index (κ3) is 25.1. The first-order chi connectivity index (χ1) is 18.2. The Labute approximate surface area is 224 Å². The maximum Gasteiger partial charge on any atom is 0.303 e. The Kier molecular flexibility index (Phi) is 23.1. The summed E-state index contributed by atoms with van der Waals surface area (Å²) in [6, 6.07) is -0.660. The van der Waals surface area contributed by atoms with Crippen LogP contribution in [0.1, 0.15) is 38.5 Å². The maximum atomic E-state index is 11.7. The summed E-state index contributed by atoms with van der Waals surface area (Å²) < 4.78 is 21.0. The van der Waals surface area contributed by atoms with Crippen molar-refractivity contribution < 1.29 is 48.0 Å². The van der Waals surface area contributed by atoms with Crippen LogP contribution in [0.2, 0.25) is 0 Å². The zero-order valence-corrected chi connectivity index (χ0v) is 21.9. The number of ether oxygens (including phenoxy) is 4. The molecule has 0 rings (SSSR count). The van der Waals surface area contributed by atoms with E-state index in [0.29, 0.717) is 45.3 Å². The fourth-order valence-electron chi connectivity index (χ4n) is 2.74. The summed E-state index contributed by atoms with van der Waals surface area (Å²) in [5, 5.41) is 16.5. The smallest absolute Gasteiger partial charge is 0.303 e. The molecule has 6 N–H and O–H groups in total. The lowest BCUT2D eigenvalue weighted by atomic mass is 9.92. The van der Waals surface area contributed by atoms with Crippen LogP contribution in [0.25, 0.3) is 0 Å². The second-order valence-corrected chi connectivity index (χ2v) is 8.13. The van der Waals surface area contributed by atoms with E-state index in [1.165, 1.54) is 0 Å². The van der Waals surface area contributed by atoms with Crippen LogP contribution >= 0.6 is 0 Å². The zero-order valence-electron chi connectivity index (χ0n) is 21.9. The number of amides is 3. The van der Waals surface area contributed by atoms with Crippen LogP contribution in [0, 0.1) is 0 Å². The molecular formula is C23H41BN4O10. The number of rotatable bonds is 26. The highest BCUT2D eigenvalue weighted by Gasteiger charge is 2.07. The first kappa shape index (κ1) is 35.4. The second kappa shape index (κ2) is 24.7.